The molecule has 2 aromatic carbocycles. The first-order chi connectivity index (χ1) is 14.0. The third kappa shape index (κ3) is 5.16. The van der Waals surface area contributed by atoms with E-state index in [9.17, 15) is 8.42 Å². The molecule has 0 spiro atoms. The fourth-order valence-corrected chi connectivity index (χ4v) is 5.03. The minimum atomic E-state index is -3.66. The van der Waals surface area contributed by atoms with E-state index in [0.717, 1.165) is 43.8 Å². The molecule has 1 N–H and O–H groups in total. The molecule has 0 atom stereocenters. The van der Waals surface area contributed by atoms with Crippen LogP contribution in [-0.4, -0.2) is 35.2 Å². The molecular formula is C24H34N2O3S. The Hall–Kier alpha value is -2.05. The topological polar surface area (TPSA) is 58.6 Å². The molecule has 3 rings (SSSR count). The largest absolute Gasteiger partial charge is 0.384 e. The summed E-state index contributed by atoms with van der Waals surface area (Å²) in [6.07, 6.45) is 2.02. The third-order valence-corrected chi connectivity index (χ3v) is 7.36. The summed E-state index contributed by atoms with van der Waals surface area (Å²) in [5, 5.41) is 0. The number of nitrogens with one attached hydrogen (secondary N) is 1. The fraction of sp³-hybridized carbons (Fsp3) is 0.500. The van der Waals surface area contributed by atoms with Gasteiger partial charge in [0.15, 0.2) is 0 Å². The van der Waals surface area contributed by atoms with Crippen LogP contribution in [0.1, 0.15) is 46.1 Å². The highest BCUT2D eigenvalue weighted by atomic mass is 32.2. The van der Waals surface area contributed by atoms with Crippen molar-refractivity contribution < 1.29 is 13.2 Å². The first-order valence-electron chi connectivity index (χ1n) is 10.5. The smallest absolute Gasteiger partial charge is 0.261 e. The van der Waals surface area contributed by atoms with Crippen LogP contribution in [0.3, 0.4) is 0 Å². The van der Waals surface area contributed by atoms with Crippen molar-refractivity contribution in [3.05, 3.63) is 54.1 Å². The second-order valence-corrected chi connectivity index (χ2v) is 11.3. The summed E-state index contributed by atoms with van der Waals surface area (Å²) < 4.78 is 34.3. The maximum absolute atomic E-state index is 13.0. The van der Waals surface area contributed by atoms with E-state index < -0.39 is 10.0 Å². The van der Waals surface area contributed by atoms with E-state index in [2.05, 4.69) is 37.3 Å². The molecule has 164 valence electrons. The van der Waals surface area contributed by atoms with Gasteiger partial charge in [0.2, 0.25) is 0 Å². The maximum Gasteiger partial charge on any atom is 0.261 e. The Kier molecular flexibility index (Phi) is 6.48. The number of benzene rings is 2. The highest BCUT2D eigenvalue weighted by molar-refractivity contribution is 7.92. The van der Waals surface area contributed by atoms with Crippen LogP contribution in [0.2, 0.25) is 0 Å². The van der Waals surface area contributed by atoms with Crippen LogP contribution >= 0.6 is 0 Å². The Labute approximate surface area is 181 Å². The summed E-state index contributed by atoms with van der Waals surface area (Å²) in [6.45, 7) is 11.1. The van der Waals surface area contributed by atoms with Crippen LogP contribution in [0.5, 0.6) is 0 Å². The molecule has 0 bridgehead atoms. The molecule has 0 aromatic heterocycles. The lowest BCUT2D eigenvalue weighted by Crippen LogP contribution is -2.41. The third-order valence-electron chi connectivity index (χ3n) is 5.98. The van der Waals surface area contributed by atoms with Crippen LogP contribution in [0.15, 0.2) is 53.4 Å². The van der Waals surface area contributed by atoms with Gasteiger partial charge in [-0.25, -0.2) is 8.42 Å². The van der Waals surface area contributed by atoms with Gasteiger partial charge in [-0.05, 0) is 53.5 Å². The molecule has 1 saturated heterocycles. The summed E-state index contributed by atoms with van der Waals surface area (Å²) in [6, 6.07) is 14.8. The zero-order valence-corrected chi connectivity index (χ0v) is 19.6. The van der Waals surface area contributed by atoms with Crippen molar-refractivity contribution in [1.29, 1.82) is 0 Å². The number of ether oxygens (including phenoxy) is 1. The Morgan fingerprint density at radius 2 is 1.63 bits per heavy atom. The van der Waals surface area contributed by atoms with Gasteiger partial charge in [0.05, 0.1) is 22.9 Å². The van der Waals surface area contributed by atoms with Gasteiger partial charge < -0.3 is 9.64 Å². The Balaban J connectivity index is 1.79. The normalized spacial score (nSPS) is 17.0. The molecule has 0 radical (unpaired) electrons. The van der Waals surface area contributed by atoms with E-state index in [0.29, 0.717) is 5.69 Å². The quantitative estimate of drug-likeness (QED) is 0.698. The van der Waals surface area contributed by atoms with Gasteiger partial charge in [0.1, 0.15) is 0 Å². The molecule has 1 aliphatic rings. The van der Waals surface area contributed by atoms with Crippen molar-refractivity contribution >= 4 is 21.4 Å². The number of methoxy groups -OCH3 is 1. The van der Waals surface area contributed by atoms with Gasteiger partial charge in [-0.1, -0.05) is 52.0 Å². The Morgan fingerprint density at radius 1 is 1.03 bits per heavy atom. The monoisotopic (exact) mass is 430 g/mol. The molecule has 0 unspecified atom stereocenters. The lowest BCUT2D eigenvalue weighted by atomic mass is 9.81. The molecule has 0 amide bonds. The predicted molar refractivity (Wildman–Crippen MR) is 124 cm³/mol. The second kappa shape index (κ2) is 8.60. The minimum absolute atomic E-state index is 0.0199. The lowest BCUT2D eigenvalue weighted by Gasteiger charge is -2.40. The van der Waals surface area contributed by atoms with Crippen LogP contribution in [0.25, 0.3) is 0 Å². The number of anilines is 2. The van der Waals surface area contributed by atoms with Crippen LogP contribution in [0.4, 0.5) is 11.4 Å². The zero-order valence-electron chi connectivity index (χ0n) is 18.7. The molecule has 1 heterocycles. The SMILES string of the molecule is COCC1(C)CCN(c2ccccc2NS(=O)(=O)c2ccc(C(C)(C)C)cc2)CC1. The van der Waals surface area contributed by atoms with Gasteiger partial charge in [-0.15, -0.1) is 0 Å². The predicted octanol–water partition coefficient (Wildman–Crippen LogP) is 5.04. The van der Waals surface area contributed by atoms with E-state index >= 15 is 0 Å². The number of hydrogen-bond acceptors (Lipinski definition) is 4. The molecule has 30 heavy (non-hydrogen) atoms. The summed E-state index contributed by atoms with van der Waals surface area (Å²) in [5.74, 6) is 0. The fourth-order valence-electron chi connectivity index (χ4n) is 3.95. The van der Waals surface area contributed by atoms with Gasteiger partial charge >= 0.3 is 0 Å². The summed E-state index contributed by atoms with van der Waals surface area (Å²) >= 11 is 0. The van der Waals surface area contributed by atoms with Crippen LogP contribution in [0, 0.1) is 5.41 Å². The summed E-state index contributed by atoms with van der Waals surface area (Å²) in [7, 11) is -1.92. The number of rotatable bonds is 6. The average molecular weight is 431 g/mol. The van der Waals surface area contributed by atoms with Gasteiger partial charge in [-0.3, -0.25) is 4.72 Å². The maximum atomic E-state index is 13.0. The van der Waals surface area contributed by atoms with Crippen LogP contribution in [-0.2, 0) is 20.2 Å². The summed E-state index contributed by atoms with van der Waals surface area (Å²) in [5.41, 5.74) is 2.80. The number of para-hydroxylation sites is 2. The molecule has 6 heteroatoms. The van der Waals surface area contributed by atoms with E-state index in [-0.39, 0.29) is 15.7 Å². The molecule has 1 aliphatic heterocycles. The highest BCUT2D eigenvalue weighted by Gasteiger charge is 2.31. The van der Waals surface area contributed by atoms with Crippen molar-refractivity contribution in [3.63, 3.8) is 0 Å². The van der Waals surface area contributed by atoms with E-state index in [1.165, 1.54) is 0 Å². The lowest BCUT2D eigenvalue weighted by molar-refractivity contribution is 0.0731. The van der Waals surface area contributed by atoms with Gasteiger partial charge in [-0.2, -0.15) is 0 Å². The number of piperidine rings is 1. The Bertz CT molecular complexity index is 955. The molecule has 0 aliphatic carbocycles. The van der Waals surface area contributed by atoms with Crippen molar-refractivity contribution in [2.45, 2.75) is 50.8 Å². The van der Waals surface area contributed by atoms with E-state index in [1.54, 1.807) is 19.2 Å². The molecule has 2 aromatic rings. The molecular weight excluding hydrogens is 396 g/mol. The van der Waals surface area contributed by atoms with Crippen molar-refractivity contribution in [3.8, 4) is 0 Å². The van der Waals surface area contributed by atoms with Gasteiger partial charge in [0.25, 0.3) is 10.0 Å². The number of sulfonamides is 1. The van der Waals surface area contributed by atoms with Crippen molar-refractivity contribution in [2.24, 2.45) is 5.41 Å². The van der Waals surface area contributed by atoms with E-state index in [4.69, 9.17) is 4.74 Å². The first-order valence-corrected chi connectivity index (χ1v) is 12.0. The average Bonchev–Trinajstić information content (AvgIpc) is 2.68. The zero-order chi connectivity index (χ0) is 22.0. The number of hydrogen-bond donors (Lipinski definition) is 1. The Morgan fingerprint density at radius 3 is 2.20 bits per heavy atom. The van der Waals surface area contributed by atoms with Gasteiger partial charge in [0, 0.05) is 20.2 Å². The standard InChI is InChI=1S/C24H34N2O3S/c1-23(2,3)19-10-12-20(13-11-19)30(27,28)25-21-8-6-7-9-22(21)26-16-14-24(4,15-17-26)18-29-5/h6-13,25H,14-18H2,1-5H3. The molecule has 0 saturated carbocycles. The number of nitrogens with zero attached hydrogens (tertiary/aromatic N) is 1. The van der Waals surface area contributed by atoms with Crippen LogP contribution < -0.4 is 9.62 Å². The van der Waals surface area contributed by atoms with Crippen molar-refractivity contribution in [2.75, 3.05) is 36.4 Å². The minimum Gasteiger partial charge on any atom is -0.384 e. The molecule has 5 nitrogen and oxygen atoms in total. The molecule has 1 fully saturated rings. The van der Waals surface area contributed by atoms with Crippen molar-refractivity contribution in [1.82, 2.24) is 0 Å². The first kappa shape index (κ1) is 22.6. The summed E-state index contributed by atoms with van der Waals surface area (Å²) in [4.78, 5) is 2.54. The second-order valence-electron chi connectivity index (χ2n) is 9.63. The van der Waals surface area contributed by atoms with E-state index in [1.807, 2.05) is 36.4 Å². The highest BCUT2D eigenvalue weighted by Crippen LogP contribution is 2.36.